The fourth-order valence-corrected chi connectivity index (χ4v) is 5.85. The molecule has 31 heavy (non-hydrogen) atoms. The summed E-state index contributed by atoms with van der Waals surface area (Å²) in [6.07, 6.45) is 6.77. The van der Waals surface area contributed by atoms with E-state index < -0.39 is 11.6 Å². The molecular formula is C25H29N3O3. The van der Waals surface area contributed by atoms with Gasteiger partial charge in [0.2, 0.25) is 5.91 Å². The number of imide groups is 1. The molecule has 0 spiro atoms. The van der Waals surface area contributed by atoms with E-state index in [-0.39, 0.29) is 24.4 Å². The first-order valence-electron chi connectivity index (χ1n) is 11.4. The largest absolute Gasteiger partial charge is 0.338 e. The summed E-state index contributed by atoms with van der Waals surface area (Å²) in [5.41, 5.74) is -0.433. The number of piperidine rings is 1. The van der Waals surface area contributed by atoms with Gasteiger partial charge in [-0.15, -0.1) is 0 Å². The molecule has 0 radical (unpaired) electrons. The Kier molecular flexibility index (Phi) is 4.95. The maximum atomic E-state index is 13.5. The van der Waals surface area contributed by atoms with Crippen LogP contribution in [0.2, 0.25) is 0 Å². The molecule has 1 N–H and O–H groups in total. The van der Waals surface area contributed by atoms with E-state index in [0.717, 1.165) is 47.0 Å². The Hall–Kier alpha value is -2.89. The standard InChI is InChI=1S/C25H29N3O3/c1-25(20-13-6-10-17-8-2-4-12-19(17)20)23(30)28(24(31)26-25)16-22(29)27-15-7-11-18-9-3-5-14-21(18)27/h2,4,6,8,10,12-13,18,21H,3,5,7,9,11,14-16H2,1H3,(H,26,31). The summed E-state index contributed by atoms with van der Waals surface area (Å²) in [6.45, 7) is 2.27. The van der Waals surface area contributed by atoms with Crippen molar-refractivity contribution in [2.45, 2.75) is 57.0 Å². The molecule has 1 aliphatic carbocycles. The highest BCUT2D eigenvalue weighted by Crippen LogP contribution is 2.36. The van der Waals surface area contributed by atoms with Gasteiger partial charge in [0, 0.05) is 12.6 Å². The third kappa shape index (κ3) is 3.29. The van der Waals surface area contributed by atoms with Crippen LogP contribution in [0.15, 0.2) is 42.5 Å². The Morgan fingerprint density at radius 2 is 1.77 bits per heavy atom. The smallest absolute Gasteiger partial charge is 0.325 e. The molecule has 0 aromatic heterocycles. The van der Waals surface area contributed by atoms with Crippen molar-refractivity contribution in [3.63, 3.8) is 0 Å². The minimum Gasteiger partial charge on any atom is -0.338 e. The van der Waals surface area contributed by atoms with E-state index in [1.54, 1.807) is 6.92 Å². The van der Waals surface area contributed by atoms with Gasteiger partial charge in [-0.25, -0.2) is 4.79 Å². The van der Waals surface area contributed by atoms with E-state index in [4.69, 9.17) is 0 Å². The van der Waals surface area contributed by atoms with Crippen molar-refractivity contribution in [3.8, 4) is 0 Å². The Labute approximate surface area is 182 Å². The monoisotopic (exact) mass is 419 g/mol. The van der Waals surface area contributed by atoms with Gasteiger partial charge in [-0.05, 0) is 54.9 Å². The highest BCUT2D eigenvalue weighted by atomic mass is 16.2. The van der Waals surface area contributed by atoms with Gasteiger partial charge < -0.3 is 10.2 Å². The van der Waals surface area contributed by atoms with E-state index in [1.165, 1.54) is 19.3 Å². The molecule has 3 aliphatic rings. The van der Waals surface area contributed by atoms with E-state index in [9.17, 15) is 14.4 Å². The third-order valence-corrected chi connectivity index (χ3v) is 7.46. The molecule has 162 valence electrons. The number of likely N-dealkylation sites (tertiary alicyclic amines) is 1. The number of hydrogen-bond donors (Lipinski definition) is 1. The lowest BCUT2D eigenvalue weighted by atomic mass is 9.78. The summed E-state index contributed by atoms with van der Waals surface area (Å²) in [5, 5.41) is 4.80. The van der Waals surface area contributed by atoms with Crippen LogP contribution in [0.1, 0.15) is 51.0 Å². The van der Waals surface area contributed by atoms with Crippen molar-refractivity contribution in [2.75, 3.05) is 13.1 Å². The van der Waals surface area contributed by atoms with Crippen LogP contribution in [0.4, 0.5) is 4.79 Å². The zero-order chi connectivity index (χ0) is 21.6. The number of hydrogen-bond acceptors (Lipinski definition) is 3. The van der Waals surface area contributed by atoms with E-state index in [1.807, 2.05) is 47.4 Å². The molecule has 4 amide bonds. The number of fused-ring (bicyclic) bond motifs is 2. The molecule has 2 aromatic carbocycles. The number of carbonyl (C=O) groups is 3. The molecule has 5 rings (SSSR count). The zero-order valence-corrected chi connectivity index (χ0v) is 18.0. The van der Waals surface area contributed by atoms with E-state index in [2.05, 4.69) is 5.32 Å². The number of urea groups is 1. The second-order valence-electron chi connectivity index (χ2n) is 9.31. The maximum Gasteiger partial charge on any atom is 0.325 e. The van der Waals surface area contributed by atoms with Gasteiger partial charge in [-0.1, -0.05) is 55.3 Å². The fraction of sp³-hybridized carbons (Fsp3) is 0.480. The van der Waals surface area contributed by atoms with Gasteiger partial charge >= 0.3 is 6.03 Å². The van der Waals surface area contributed by atoms with Gasteiger partial charge in [-0.2, -0.15) is 0 Å². The van der Waals surface area contributed by atoms with Crippen LogP contribution >= 0.6 is 0 Å². The van der Waals surface area contributed by atoms with Crippen LogP contribution in [0, 0.1) is 5.92 Å². The summed E-state index contributed by atoms with van der Waals surface area (Å²) in [6, 6.07) is 13.4. The normalized spacial score (nSPS) is 28.5. The molecule has 0 bridgehead atoms. The van der Waals surface area contributed by atoms with Gasteiger partial charge in [0.1, 0.15) is 12.1 Å². The minimum absolute atomic E-state index is 0.109. The predicted octanol–water partition coefficient (Wildman–Crippen LogP) is 3.79. The van der Waals surface area contributed by atoms with Gasteiger partial charge in [-0.3, -0.25) is 14.5 Å². The number of amides is 4. The second kappa shape index (κ2) is 7.66. The fourth-order valence-electron chi connectivity index (χ4n) is 5.85. The lowest BCUT2D eigenvalue weighted by molar-refractivity contribution is -0.142. The van der Waals surface area contributed by atoms with Crippen LogP contribution in [0.5, 0.6) is 0 Å². The molecule has 2 saturated heterocycles. The van der Waals surface area contributed by atoms with Gasteiger partial charge in [0.05, 0.1) is 0 Å². The predicted molar refractivity (Wildman–Crippen MR) is 118 cm³/mol. The van der Waals surface area contributed by atoms with Crippen molar-refractivity contribution in [3.05, 3.63) is 48.0 Å². The van der Waals surface area contributed by atoms with Crippen LogP contribution in [-0.4, -0.2) is 46.8 Å². The summed E-state index contributed by atoms with van der Waals surface area (Å²) < 4.78 is 0. The lowest BCUT2D eigenvalue weighted by Gasteiger charge is -2.44. The van der Waals surface area contributed by atoms with Crippen molar-refractivity contribution in [1.29, 1.82) is 0 Å². The van der Waals surface area contributed by atoms with Gasteiger partial charge in [0.25, 0.3) is 5.91 Å². The first-order valence-corrected chi connectivity index (χ1v) is 11.4. The number of rotatable bonds is 3. The SMILES string of the molecule is CC1(c2cccc3ccccc23)NC(=O)N(CC(=O)N2CCCC3CCCCC32)C1=O. The van der Waals surface area contributed by atoms with Crippen LogP contribution in [0.25, 0.3) is 10.8 Å². The summed E-state index contributed by atoms with van der Waals surface area (Å²) >= 11 is 0. The van der Waals surface area contributed by atoms with Crippen LogP contribution < -0.4 is 5.32 Å². The second-order valence-corrected chi connectivity index (χ2v) is 9.31. The Morgan fingerprint density at radius 1 is 1.03 bits per heavy atom. The molecule has 6 nitrogen and oxygen atoms in total. The van der Waals surface area contributed by atoms with Gasteiger partial charge in [0.15, 0.2) is 0 Å². The van der Waals surface area contributed by atoms with Crippen molar-refractivity contribution >= 4 is 28.6 Å². The quantitative estimate of drug-likeness (QED) is 0.770. The van der Waals surface area contributed by atoms with E-state index in [0.29, 0.717) is 5.92 Å². The molecule has 1 saturated carbocycles. The molecule has 3 fully saturated rings. The molecule has 2 aliphatic heterocycles. The van der Waals surface area contributed by atoms with Crippen LogP contribution in [0.3, 0.4) is 0 Å². The molecule has 6 heteroatoms. The first kappa shape index (κ1) is 20.0. The maximum absolute atomic E-state index is 13.5. The molecule has 2 aromatic rings. The zero-order valence-electron chi connectivity index (χ0n) is 18.0. The molecular weight excluding hydrogens is 390 g/mol. The lowest BCUT2D eigenvalue weighted by Crippen LogP contribution is -2.53. The van der Waals surface area contributed by atoms with Crippen molar-refractivity contribution < 1.29 is 14.4 Å². The number of benzene rings is 2. The topological polar surface area (TPSA) is 69.7 Å². The highest BCUT2D eigenvalue weighted by Gasteiger charge is 2.50. The Balaban J connectivity index is 1.39. The highest BCUT2D eigenvalue weighted by molar-refractivity contribution is 6.10. The van der Waals surface area contributed by atoms with Crippen molar-refractivity contribution in [2.24, 2.45) is 5.92 Å². The van der Waals surface area contributed by atoms with Crippen molar-refractivity contribution in [1.82, 2.24) is 15.1 Å². The van der Waals surface area contributed by atoms with Crippen LogP contribution in [-0.2, 0) is 15.1 Å². The molecule has 3 unspecified atom stereocenters. The average molecular weight is 420 g/mol. The first-order chi connectivity index (χ1) is 15.0. The Bertz CT molecular complexity index is 1040. The summed E-state index contributed by atoms with van der Waals surface area (Å²) in [4.78, 5) is 42.6. The average Bonchev–Trinajstić information content (AvgIpc) is 3.02. The van der Waals surface area contributed by atoms with E-state index >= 15 is 0 Å². The molecule has 3 atom stereocenters. The number of nitrogens with one attached hydrogen (secondary N) is 1. The number of carbonyl (C=O) groups excluding carboxylic acids is 3. The summed E-state index contributed by atoms with van der Waals surface area (Å²) in [5.74, 6) is 0.0946. The molecule has 2 heterocycles. The minimum atomic E-state index is -1.19. The third-order valence-electron chi connectivity index (χ3n) is 7.46. The number of nitrogens with zero attached hydrogens (tertiary/aromatic N) is 2. The summed E-state index contributed by atoms with van der Waals surface area (Å²) in [7, 11) is 0. The Morgan fingerprint density at radius 3 is 2.65 bits per heavy atom.